The van der Waals surface area contributed by atoms with E-state index in [-0.39, 0.29) is 0 Å². The molecule has 0 bridgehead atoms. The van der Waals surface area contributed by atoms with E-state index >= 15 is 0 Å². The number of aryl methyl sites for hydroxylation is 2. The highest BCUT2D eigenvalue weighted by Crippen LogP contribution is 2.10. The lowest BCUT2D eigenvalue weighted by atomic mass is 10.1. The Hall–Kier alpha value is -0.990. The SMILES string of the molecule is CNc1nc(C)cn1CCC(C)C. The lowest BCUT2D eigenvalue weighted by Gasteiger charge is -2.08. The van der Waals surface area contributed by atoms with Crippen LogP contribution in [0.5, 0.6) is 0 Å². The number of nitrogens with one attached hydrogen (secondary N) is 1. The Labute approximate surface area is 80.2 Å². The van der Waals surface area contributed by atoms with Gasteiger partial charge in [-0.25, -0.2) is 4.98 Å². The largest absolute Gasteiger partial charge is 0.359 e. The summed E-state index contributed by atoms with van der Waals surface area (Å²) in [5.41, 5.74) is 1.08. The van der Waals surface area contributed by atoms with Crippen LogP contribution in [0.2, 0.25) is 0 Å². The molecule has 0 spiro atoms. The van der Waals surface area contributed by atoms with Crippen molar-refractivity contribution < 1.29 is 0 Å². The Balaban J connectivity index is 2.64. The van der Waals surface area contributed by atoms with E-state index < -0.39 is 0 Å². The first-order valence-electron chi connectivity index (χ1n) is 4.85. The predicted octanol–water partition coefficient (Wildman–Crippen LogP) is 2.28. The van der Waals surface area contributed by atoms with Gasteiger partial charge in [-0.05, 0) is 19.3 Å². The van der Waals surface area contributed by atoms with Gasteiger partial charge < -0.3 is 9.88 Å². The molecule has 74 valence electrons. The van der Waals surface area contributed by atoms with Crippen LogP contribution in [0.4, 0.5) is 5.95 Å². The zero-order valence-electron chi connectivity index (χ0n) is 8.96. The number of rotatable bonds is 4. The molecule has 0 aliphatic rings. The highest BCUT2D eigenvalue weighted by Gasteiger charge is 2.03. The van der Waals surface area contributed by atoms with Crippen LogP contribution >= 0.6 is 0 Å². The first-order valence-corrected chi connectivity index (χ1v) is 4.85. The molecule has 1 heterocycles. The molecule has 0 aromatic carbocycles. The first kappa shape index (κ1) is 10.1. The molecule has 0 fully saturated rings. The van der Waals surface area contributed by atoms with E-state index in [1.807, 2.05) is 14.0 Å². The Kier molecular flexibility index (Phi) is 3.34. The third-order valence-electron chi connectivity index (χ3n) is 2.07. The van der Waals surface area contributed by atoms with E-state index in [1.54, 1.807) is 0 Å². The molecule has 1 aromatic rings. The second kappa shape index (κ2) is 4.30. The Morgan fingerprint density at radius 2 is 2.23 bits per heavy atom. The van der Waals surface area contributed by atoms with E-state index in [2.05, 4.69) is 34.9 Å². The number of aromatic nitrogens is 2. The molecule has 1 aromatic heterocycles. The van der Waals surface area contributed by atoms with Gasteiger partial charge >= 0.3 is 0 Å². The third-order valence-corrected chi connectivity index (χ3v) is 2.07. The second-order valence-electron chi connectivity index (χ2n) is 3.83. The van der Waals surface area contributed by atoms with E-state index in [4.69, 9.17) is 0 Å². The highest BCUT2D eigenvalue weighted by molar-refractivity contribution is 5.27. The number of anilines is 1. The summed E-state index contributed by atoms with van der Waals surface area (Å²) in [6.07, 6.45) is 3.29. The van der Waals surface area contributed by atoms with Crippen molar-refractivity contribution in [2.45, 2.75) is 33.7 Å². The average molecular weight is 181 g/mol. The van der Waals surface area contributed by atoms with E-state index in [0.29, 0.717) is 0 Å². The van der Waals surface area contributed by atoms with Gasteiger partial charge in [-0.2, -0.15) is 0 Å². The van der Waals surface area contributed by atoms with Gasteiger partial charge in [-0.3, -0.25) is 0 Å². The van der Waals surface area contributed by atoms with Gasteiger partial charge in [0.15, 0.2) is 0 Å². The van der Waals surface area contributed by atoms with Crippen LogP contribution in [0.15, 0.2) is 6.20 Å². The number of hydrogen-bond donors (Lipinski definition) is 1. The van der Waals surface area contributed by atoms with Crippen molar-refractivity contribution >= 4 is 5.95 Å². The van der Waals surface area contributed by atoms with Crippen molar-refractivity contribution in [2.75, 3.05) is 12.4 Å². The quantitative estimate of drug-likeness (QED) is 0.772. The van der Waals surface area contributed by atoms with E-state index in [0.717, 1.165) is 24.1 Å². The van der Waals surface area contributed by atoms with Crippen LogP contribution in [-0.2, 0) is 6.54 Å². The molecule has 13 heavy (non-hydrogen) atoms. The summed E-state index contributed by atoms with van der Waals surface area (Å²) in [4.78, 5) is 4.36. The maximum Gasteiger partial charge on any atom is 0.202 e. The van der Waals surface area contributed by atoms with Gasteiger partial charge in [0.2, 0.25) is 5.95 Å². The van der Waals surface area contributed by atoms with Gasteiger partial charge in [0.1, 0.15) is 0 Å². The minimum absolute atomic E-state index is 0.743. The van der Waals surface area contributed by atoms with Crippen molar-refractivity contribution in [3.05, 3.63) is 11.9 Å². The number of imidazole rings is 1. The Morgan fingerprint density at radius 1 is 1.54 bits per heavy atom. The van der Waals surface area contributed by atoms with Crippen LogP contribution in [0.1, 0.15) is 26.0 Å². The lowest BCUT2D eigenvalue weighted by molar-refractivity contribution is 0.519. The molecule has 0 aliphatic carbocycles. The highest BCUT2D eigenvalue weighted by atomic mass is 15.2. The summed E-state index contributed by atoms with van der Waals surface area (Å²) in [6.45, 7) is 7.55. The average Bonchev–Trinajstić information content (AvgIpc) is 2.42. The molecule has 1 N–H and O–H groups in total. The summed E-state index contributed by atoms with van der Waals surface area (Å²) in [7, 11) is 1.91. The normalized spacial score (nSPS) is 10.8. The topological polar surface area (TPSA) is 29.9 Å². The molecule has 3 nitrogen and oxygen atoms in total. The van der Waals surface area contributed by atoms with Crippen molar-refractivity contribution in [1.82, 2.24) is 9.55 Å². The molecular weight excluding hydrogens is 162 g/mol. The van der Waals surface area contributed by atoms with Crippen LogP contribution < -0.4 is 5.32 Å². The lowest BCUT2D eigenvalue weighted by Crippen LogP contribution is -2.04. The number of hydrogen-bond acceptors (Lipinski definition) is 2. The summed E-state index contributed by atoms with van der Waals surface area (Å²) >= 11 is 0. The minimum Gasteiger partial charge on any atom is -0.359 e. The minimum atomic E-state index is 0.743. The standard InChI is InChI=1S/C10H19N3/c1-8(2)5-6-13-7-9(3)12-10(13)11-4/h7-8H,5-6H2,1-4H3,(H,11,12). The molecule has 0 saturated carbocycles. The smallest absolute Gasteiger partial charge is 0.202 e. The fraction of sp³-hybridized carbons (Fsp3) is 0.700. The second-order valence-corrected chi connectivity index (χ2v) is 3.83. The first-order chi connectivity index (χ1) is 6.13. The molecule has 0 amide bonds. The van der Waals surface area contributed by atoms with Crippen molar-refractivity contribution in [3.63, 3.8) is 0 Å². The molecule has 1 rings (SSSR count). The Bertz CT molecular complexity index is 263. The van der Waals surface area contributed by atoms with Crippen LogP contribution in [0.3, 0.4) is 0 Å². The number of nitrogens with zero attached hydrogens (tertiary/aromatic N) is 2. The van der Waals surface area contributed by atoms with Gasteiger partial charge in [0.05, 0.1) is 5.69 Å². The summed E-state index contributed by atoms with van der Waals surface area (Å²) in [5.74, 6) is 1.71. The van der Waals surface area contributed by atoms with E-state index in [1.165, 1.54) is 6.42 Å². The van der Waals surface area contributed by atoms with Crippen LogP contribution in [0.25, 0.3) is 0 Å². The third kappa shape index (κ3) is 2.76. The van der Waals surface area contributed by atoms with Crippen molar-refractivity contribution in [2.24, 2.45) is 5.92 Å². The summed E-state index contributed by atoms with van der Waals surface area (Å²) < 4.78 is 2.18. The molecule has 0 unspecified atom stereocenters. The maximum absolute atomic E-state index is 4.36. The van der Waals surface area contributed by atoms with Crippen molar-refractivity contribution in [1.29, 1.82) is 0 Å². The zero-order valence-corrected chi connectivity index (χ0v) is 8.96. The maximum atomic E-state index is 4.36. The van der Waals surface area contributed by atoms with Crippen LogP contribution in [0, 0.1) is 12.8 Å². The molecule has 0 saturated heterocycles. The van der Waals surface area contributed by atoms with Gasteiger partial charge in [0.25, 0.3) is 0 Å². The molecular formula is C10H19N3. The van der Waals surface area contributed by atoms with Gasteiger partial charge in [-0.1, -0.05) is 13.8 Å². The molecule has 0 radical (unpaired) electrons. The van der Waals surface area contributed by atoms with Crippen LogP contribution in [-0.4, -0.2) is 16.6 Å². The molecule has 0 atom stereocenters. The van der Waals surface area contributed by atoms with E-state index in [9.17, 15) is 0 Å². The predicted molar refractivity (Wildman–Crippen MR) is 56.0 cm³/mol. The van der Waals surface area contributed by atoms with Gasteiger partial charge in [-0.15, -0.1) is 0 Å². The molecule has 3 heteroatoms. The summed E-state index contributed by atoms with van der Waals surface area (Å²) in [6, 6.07) is 0. The summed E-state index contributed by atoms with van der Waals surface area (Å²) in [5, 5.41) is 3.09. The Morgan fingerprint density at radius 3 is 2.77 bits per heavy atom. The zero-order chi connectivity index (χ0) is 9.84. The fourth-order valence-corrected chi connectivity index (χ4v) is 1.31. The van der Waals surface area contributed by atoms with Gasteiger partial charge in [0, 0.05) is 19.8 Å². The molecule has 0 aliphatic heterocycles. The van der Waals surface area contributed by atoms with Crippen molar-refractivity contribution in [3.8, 4) is 0 Å². The monoisotopic (exact) mass is 181 g/mol. The fourth-order valence-electron chi connectivity index (χ4n) is 1.31.